The van der Waals surface area contributed by atoms with E-state index in [1.54, 1.807) is 0 Å². The van der Waals surface area contributed by atoms with Crippen LogP contribution in [0, 0.1) is 5.82 Å². The maximum Gasteiger partial charge on any atom is 0.338 e. The summed E-state index contributed by atoms with van der Waals surface area (Å²) < 4.78 is 40.0. The SMILES string of the molecule is CCCOC(=O)c1ccc(F)c(S(N)(=O)=O)c1. The molecule has 1 rings (SSSR count). The molecule has 1 aromatic carbocycles. The zero-order valence-corrected chi connectivity index (χ0v) is 9.96. The Morgan fingerprint density at radius 1 is 1.47 bits per heavy atom. The molecule has 7 heteroatoms. The third kappa shape index (κ3) is 3.50. The molecule has 1 aromatic rings. The summed E-state index contributed by atoms with van der Waals surface area (Å²) >= 11 is 0. The molecule has 0 atom stereocenters. The summed E-state index contributed by atoms with van der Waals surface area (Å²) in [6.07, 6.45) is 0.634. The van der Waals surface area contributed by atoms with Crippen LogP contribution in [0.3, 0.4) is 0 Å². The van der Waals surface area contributed by atoms with E-state index in [-0.39, 0.29) is 12.2 Å². The minimum absolute atomic E-state index is 0.0520. The average molecular weight is 261 g/mol. The van der Waals surface area contributed by atoms with Crippen LogP contribution in [-0.4, -0.2) is 21.0 Å². The summed E-state index contributed by atoms with van der Waals surface area (Å²) in [5.74, 6) is -1.71. The highest BCUT2D eigenvalue weighted by molar-refractivity contribution is 7.89. The lowest BCUT2D eigenvalue weighted by Crippen LogP contribution is -2.15. The van der Waals surface area contributed by atoms with Crippen molar-refractivity contribution in [1.29, 1.82) is 0 Å². The molecule has 94 valence electrons. The lowest BCUT2D eigenvalue weighted by molar-refractivity contribution is 0.0504. The van der Waals surface area contributed by atoms with Crippen molar-refractivity contribution in [2.75, 3.05) is 6.61 Å². The molecule has 2 N–H and O–H groups in total. The first kappa shape index (κ1) is 13.6. The van der Waals surface area contributed by atoms with Crippen molar-refractivity contribution in [1.82, 2.24) is 0 Å². The average Bonchev–Trinajstić information content (AvgIpc) is 2.25. The standard InChI is InChI=1S/C10H12FNO4S/c1-2-5-16-10(13)7-3-4-8(11)9(6-7)17(12,14)15/h3-4,6H,2,5H2,1H3,(H2,12,14,15). The zero-order valence-electron chi connectivity index (χ0n) is 9.14. The van der Waals surface area contributed by atoms with E-state index in [1.807, 2.05) is 6.92 Å². The van der Waals surface area contributed by atoms with Crippen molar-refractivity contribution in [3.05, 3.63) is 29.6 Å². The Hall–Kier alpha value is -1.47. The molecule has 0 saturated heterocycles. The molecule has 0 amide bonds. The number of hydrogen-bond donors (Lipinski definition) is 1. The smallest absolute Gasteiger partial charge is 0.338 e. The van der Waals surface area contributed by atoms with Crippen LogP contribution in [-0.2, 0) is 14.8 Å². The second-order valence-corrected chi connectivity index (χ2v) is 4.86. The third-order valence-corrected chi connectivity index (χ3v) is 2.84. The first-order valence-electron chi connectivity index (χ1n) is 4.85. The van der Waals surface area contributed by atoms with E-state index in [9.17, 15) is 17.6 Å². The predicted octanol–water partition coefficient (Wildman–Crippen LogP) is 1.04. The summed E-state index contributed by atoms with van der Waals surface area (Å²) in [4.78, 5) is 10.7. The monoisotopic (exact) mass is 261 g/mol. The van der Waals surface area contributed by atoms with Crippen LogP contribution in [0.1, 0.15) is 23.7 Å². The minimum Gasteiger partial charge on any atom is -0.462 e. The molecule has 0 aliphatic heterocycles. The fourth-order valence-corrected chi connectivity index (χ4v) is 1.76. The zero-order chi connectivity index (χ0) is 13.1. The van der Waals surface area contributed by atoms with Crippen LogP contribution in [0.15, 0.2) is 23.1 Å². The number of carbonyl (C=O) groups excluding carboxylic acids is 1. The van der Waals surface area contributed by atoms with E-state index in [2.05, 4.69) is 0 Å². The van der Waals surface area contributed by atoms with Crippen LogP contribution in [0.25, 0.3) is 0 Å². The van der Waals surface area contributed by atoms with Gasteiger partial charge in [0.25, 0.3) is 0 Å². The number of rotatable bonds is 4. The van der Waals surface area contributed by atoms with Gasteiger partial charge >= 0.3 is 5.97 Å². The van der Waals surface area contributed by atoms with Crippen LogP contribution >= 0.6 is 0 Å². The molecule has 0 heterocycles. The number of hydrogen-bond acceptors (Lipinski definition) is 4. The van der Waals surface area contributed by atoms with Gasteiger partial charge in [0.15, 0.2) is 0 Å². The Kier molecular flexibility index (Phi) is 4.19. The van der Waals surface area contributed by atoms with Crippen molar-refractivity contribution in [3.8, 4) is 0 Å². The van der Waals surface area contributed by atoms with Crippen LogP contribution in [0.4, 0.5) is 4.39 Å². The fourth-order valence-electron chi connectivity index (χ4n) is 1.13. The molecule has 0 radical (unpaired) electrons. The van der Waals surface area contributed by atoms with Gasteiger partial charge in [-0.1, -0.05) is 6.92 Å². The Labute approximate surface area is 98.4 Å². The van der Waals surface area contributed by atoms with Crippen LogP contribution < -0.4 is 5.14 Å². The number of carbonyl (C=O) groups is 1. The number of esters is 1. The van der Waals surface area contributed by atoms with Crippen molar-refractivity contribution < 1.29 is 22.3 Å². The number of nitrogens with two attached hydrogens (primary N) is 1. The van der Waals surface area contributed by atoms with Gasteiger partial charge in [-0.05, 0) is 24.6 Å². The summed E-state index contributed by atoms with van der Waals surface area (Å²) in [6, 6.07) is 2.87. The molecule has 0 fully saturated rings. The predicted molar refractivity (Wildman–Crippen MR) is 58.3 cm³/mol. The quantitative estimate of drug-likeness (QED) is 0.820. The van der Waals surface area contributed by atoms with Crippen molar-refractivity contribution in [2.24, 2.45) is 5.14 Å². The van der Waals surface area contributed by atoms with E-state index >= 15 is 0 Å². The van der Waals surface area contributed by atoms with E-state index in [4.69, 9.17) is 9.88 Å². The Morgan fingerprint density at radius 2 is 2.12 bits per heavy atom. The van der Waals surface area contributed by atoms with Crippen molar-refractivity contribution >= 4 is 16.0 Å². The van der Waals surface area contributed by atoms with Gasteiger partial charge in [0.1, 0.15) is 10.7 Å². The Morgan fingerprint density at radius 3 is 2.65 bits per heavy atom. The van der Waals surface area contributed by atoms with Gasteiger partial charge in [-0.3, -0.25) is 0 Å². The van der Waals surface area contributed by atoms with E-state index in [1.165, 1.54) is 0 Å². The number of primary sulfonamides is 1. The molecule has 0 spiro atoms. The second kappa shape index (κ2) is 5.24. The molecule has 0 bridgehead atoms. The number of benzene rings is 1. The molecule has 0 aromatic heterocycles. The van der Waals surface area contributed by atoms with E-state index < -0.39 is 26.7 Å². The fraction of sp³-hybridized carbons (Fsp3) is 0.300. The molecule has 17 heavy (non-hydrogen) atoms. The molecular formula is C10H12FNO4S. The van der Waals surface area contributed by atoms with E-state index in [0.717, 1.165) is 18.2 Å². The molecule has 0 aliphatic rings. The van der Waals surface area contributed by atoms with E-state index in [0.29, 0.717) is 6.42 Å². The minimum atomic E-state index is -4.19. The molecule has 0 unspecified atom stereocenters. The van der Waals surface area contributed by atoms with Gasteiger partial charge < -0.3 is 4.74 Å². The largest absolute Gasteiger partial charge is 0.462 e. The van der Waals surface area contributed by atoms with Crippen LogP contribution in [0.5, 0.6) is 0 Å². The highest BCUT2D eigenvalue weighted by atomic mass is 32.2. The Bertz CT molecular complexity index is 527. The Balaban J connectivity index is 3.09. The van der Waals surface area contributed by atoms with Crippen LogP contribution in [0.2, 0.25) is 0 Å². The normalized spacial score (nSPS) is 11.2. The molecule has 0 aliphatic carbocycles. The maximum atomic E-state index is 13.2. The number of halogens is 1. The molecule has 0 saturated carbocycles. The summed E-state index contributed by atoms with van der Waals surface area (Å²) in [7, 11) is -4.19. The topological polar surface area (TPSA) is 86.5 Å². The van der Waals surface area contributed by atoms with Crippen molar-refractivity contribution in [3.63, 3.8) is 0 Å². The highest BCUT2D eigenvalue weighted by Crippen LogP contribution is 2.15. The highest BCUT2D eigenvalue weighted by Gasteiger charge is 2.17. The first-order chi connectivity index (χ1) is 7.86. The molecule has 5 nitrogen and oxygen atoms in total. The van der Waals surface area contributed by atoms with Crippen molar-refractivity contribution in [2.45, 2.75) is 18.2 Å². The molecular weight excluding hydrogens is 249 g/mol. The van der Waals surface area contributed by atoms with Gasteiger partial charge in [0, 0.05) is 0 Å². The number of sulfonamides is 1. The second-order valence-electron chi connectivity index (χ2n) is 3.33. The van der Waals surface area contributed by atoms with Gasteiger partial charge in [-0.15, -0.1) is 0 Å². The maximum absolute atomic E-state index is 13.2. The summed E-state index contributed by atoms with van der Waals surface area (Å²) in [6.45, 7) is 2.02. The first-order valence-corrected chi connectivity index (χ1v) is 6.40. The lowest BCUT2D eigenvalue weighted by Gasteiger charge is -2.05. The van der Waals surface area contributed by atoms with Gasteiger partial charge in [-0.25, -0.2) is 22.7 Å². The number of ether oxygens (including phenoxy) is 1. The third-order valence-electron chi connectivity index (χ3n) is 1.91. The van der Waals surface area contributed by atoms with Gasteiger partial charge in [0.2, 0.25) is 10.0 Å². The van der Waals surface area contributed by atoms with Gasteiger partial charge in [-0.2, -0.15) is 0 Å². The lowest BCUT2D eigenvalue weighted by atomic mass is 10.2. The summed E-state index contributed by atoms with van der Waals surface area (Å²) in [5, 5.41) is 4.81. The summed E-state index contributed by atoms with van der Waals surface area (Å²) in [5.41, 5.74) is -0.0520. The van der Waals surface area contributed by atoms with Gasteiger partial charge in [0.05, 0.1) is 12.2 Å².